The van der Waals surface area contributed by atoms with Gasteiger partial charge in [0.15, 0.2) is 0 Å². The fourth-order valence-corrected chi connectivity index (χ4v) is 4.85. The molecule has 0 radical (unpaired) electrons. The molecule has 0 spiro atoms. The summed E-state index contributed by atoms with van der Waals surface area (Å²) in [7, 11) is 0. The maximum atomic E-state index is 6.32. The molecule has 0 heterocycles. The van der Waals surface area contributed by atoms with Crippen molar-refractivity contribution in [3.8, 4) is 11.1 Å². The average Bonchev–Trinajstić information content (AvgIpc) is 2.69. The molecule has 0 aliphatic heterocycles. The van der Waals surface area contributed by atoms with Crippen molar-refractivity contribution in [2.24, 2.45) is 0 Å². The fourth-order valence-electron chi connectivity index (χ4n) is 4.67. The predicted octanol–water partition coefficient (Wildman–Crippen LogP) is 5.36. The number of aryl methyl sites for hydroxylation is 1. The highest BCUT2D eigenvalue weighted by Gasteiger charge is 2.22. The first-order chi connectivity index (χ1) is 12.7. The summed E-state index contributed by atoms with van der Waals surface area (Å²) in [5.41, 5.74) is 8.36. The summed E-state index contributed by atoms with van der Waals surface area (Å²) >= 11 is 6.32. The van der Waals surface area contributed by atoms with Gasteiger partial charge in [-0.3, -0.25) is 0 Å². The molecular weight excluding hydrogens is 336 g/mol. The maximum Gasteiger partial charge on any atom is 0.0409 e. The summed E-state index contributed by atoms with van der Waals surface area (Å²) in [5, 5.41) is 3.69. The van der Waals surface area contributed by atoms with Gasteiger partial charge in [0.2, 0.25) is 0 Å². The summed E-state index contributed by atoms with van der Waals surface area (Å²) in [4.78, 5) is 0. The zero-order valence-electron chi connectivity index (χ0n) is 14.9. The molecule has 1 unspecified atom stereocenters. The standard InChI is InChI=1S/C25H21Cl/c1-16-9-11-18(26)15-25(16)21-8-4-7-20-23-12-10-17-5-2-3-6-19(17)22(23)13-14-24(20)21/h2-3,5-7,9,11-15,21H,4,8,10H2,1H3. The van der Waals surface area contributed by atoms with Gasteiger partial charge in [0, 0.05) is 10.9 Å². The minimum Gasteiger partial charge on any atom is -0.0843 e. The molecule has 26 heavy (non-hydrogen) atoms. The van der Waals surface area contributed by atoms with Crippen LogP contribution in [0, 0.1) is 6.92 Å². The van der Waals surface area contributed by atoms with Gasteiger partial charge in [0.1, 0.15) is 0 Å². The van der Waals surface area contributed by atoms with E-state index in [1.165, 1.54) is 43.8 Å². The van der Waals surface area contributed by atoms with Gasteiger partial charge in [-0.25, -0.2) is 0 Å². The fraction of sp³-hybridized carbons (Fsp3) is 0.200. The highest BCUT2D eigenvalue weighted by Crippen LogP contribution is 2.34. The highest BCUT2D eigenvalue weighted by molar-refractivity contribution is 6.30. The van der Waals surface area contributed by atoms with E-state index in [1.807, 2.05) is 6.07 Å². The van der Waals surface area contributed by atoms with E-state index in [4.69, 9.17) is 11.6 Å². The minimum absolute atomic E-state index is 0.435. The lowest BCUT2D eigenvalue weighted by Crippen LogP contribution is -2.35. The lowest BCUT2D eigenvalue weighted by atomic mass is 9.79. The number of hydrogen-bond acceptors (Lipinski definition) is 0. The molecule has 0 N–H and O–H groups in total. The number of halogens is 1. The van der Waals surface area contributed by atoms with Gasteiger partial charge in [-0.15, -0.1) is 0 Å². The minimum atomic E-state index is 0.435. The van der Waals surface area contributed by atoms with Crippen LogP contribution in [0.4, 0.5) is 0 Å². The molecule has 3 aromatic rings. The maximum absolute atomic E-state index is 6.32. The zero-order chi connectivity index (χ0) is 17.7. The van der Waals surface area contributed by atoms with E-state index < -0.39 is 0 Å². The van der Waals surface area contributed by atoms with Gasteiger partial charge in [-0.2, -0.15) is 0 Å². The second-order valence-corrected chi connectivity index (χ2v) is 7.87. The summed E-state index contributed by atoms with van der Waals surface area (Å²) in [5.74, 6) is 0.435. The highest BCUT2D eigenvalue weighted by atomic mass is 35.5. The predicted molar refractivity (Wildman–Crippen MR) is 111 cm³/mol. The van der Waals surface area contributed by atoms with Crippen LogP contribution in [0.25, 0.3) is 23.3 Å². The normalized spacial score (nSPS) is 17.4. The van der Waals surface area contributed by atoms with Gasteiger partial charge < -0.3 is 0 Å². The Hall–Kier alpha value is -2.31. The van der Waals surface area contributed by atoms with Crippen LogP contribution >= 0.6 is 11.6 Å². The zero-order valence-corrected chi connectivity index (χ0v) is 15.7. The molecule has 2 aliphatic rings. The second kappa shape index (κ2) is 6.14. The molecule has 5 rings (SSSR count). The number of rotatable bonds is 1. The van der Waals surface area contributed by atoms with Crippen molar-refractivity contribution < 1.29 is 0 Å². The first-order valence-electron chi connectivity index (χ1n) is 9.40. The SMILES string of the molecule is Cc1ccc(Cl)cc1C1CCC=c2c1ccc1c2=CCc2ccccc2-1. The lowest BCUT2D eigenvalue weighted by molar-refractivity contribution is 0.714. The van der Waals surface area contributed by atoms with Crippen LogP contribution < -0.4 is 10.4 Å². The van der Waals surface area contributed by atoms with Crippen LogP contribution in [0.15, 0.2) is 54.6 Å². The molecule has 128 valence electrons. The Bertz CT molecular complexity index is 1140. The first kappa shape index (κ1) is 15.9. The Morgan fingerprint density at radius 3 is 2.65 bits per heavy atom. The van der Waals surface area contributed by atoms with Crippen LogP contribution in [0.2, 0.25) is 5.02 Å². The van der Waals surface area contributed by atoms with Gasteiger partial charge in [0.05, 0.1) is 0 Å². The van der Waals surface area contributed by atoms with E-state index in [2.05, 4.69) is 67.6 Å². The van der Waals surface area contributed by atoms with Crippen molar-refractivity contribution in [1.82, 2.24) is 0 Å². The van der Waals surface area contributed by atoms with Gasteiger partial charge in [-0.05, 0) is 82.1 Å². The van der Waals surface area contributed by atoms with Crippen LogP contribution in [-0.2, 0) is 6.42 Å². The molecular formula is C25H21Cl. The second-order valence-electron chi connectivity index (χ2n) is 7.43. The Balaban J connectivity index is 1.73. The van der Waals surface area contributed by atoms with E-state index >= 15 is 0 Å². The molecule has 0 saturated carbocycles. The van der Waals surface area contributed by atoms with Crippen molar-refractivity contribution in [2.45, 2.75) is 32.1 Å². The van der Waals surface area contributed by atoms with Crippen LogP contribution in [-0.4, -0.2) is 0 Å². The van der Waals surface area contributed by atoms with Crippen molar-refractivity contribution in [3.63, 3.8) is 0 Å². The van der Waals surface area contributed by atoms with E-state index in [0.29, 0.717) is 5.92 Å². The van der Waals surface area contributed by atoms with Crippen LogP contribution in [0.5, 0.6) is 0 Å². The molecule has 1 atom stereocenters. The quantitative estimate of drug-likeness (QED) is 0.550. The molecule has 0 fully saturated rings. The van der Waals surface area contributed by atoms with E-state index in [1.54, 1.807) is 0 Å². The Morgan fingerprint density at radius 1 is 0.846 bits per heavy atom. The molecule has 3 aromatic carbocycles. The van der Waals surface area contributed by atoms with Crippen LogP contribution in [0.3, 0.4) is 0 Å². The largest absolute Gasteiger partial charge is 0.0843 e. The molecule has 0 bridgehead atoms. The van der Waals surface area contributed by atoms with Gasteiger partial charge in [-0.1, -0.05) is 66.2 Å². The smallest absolute Gasteiger partial charge is 0.0409 e. The third kappa shape index (κ3) is 2.44. The summed E-state index contributed by atoms with van der Waals surface area (Å²) in [6.45, 7) is 2.20. The number of benzene rings is 3. The monoisotopic (exact) mass is 356 g/mol. The average molecular weight is 357 g/mol. The Labute approximate surface area is 159 Å². The van der Waals surface area contributed by atoms with E-state index in [9.17, 15) is 0 Å². The van der Waals surface area contributed by atoms with Crippen molar-refractivity contribution in [2.75, 3.05) is 0 Å². The summed E-state index contributed by atoms with van der Waals surface area (Å²) in [6.07, 6.45) is 8.16. The topological polar surface area (TPSA) is 0 Å². The molecule has 2 aliphatic carbocycles. The number of hydrogen-bond donors (Lipinski definition) is 0. The molecule has 0 nitrogen and oxygen atoms in total. The van der Waals surface area contributed by atoms with Gasteiger partial charge in [0.25, 0.3) is 0 Å². The third-order valence-electron chi connectivity index (χ3n) is 5.95. The van der Waals surface area contributed by atoms with E-state index in [0.717, 1.165) is 24.3 Å². The first-order valence-corrected chi connectivity index (χ1v) is 9.78. The Kier molecular flexibility index (Phi) is 3.76. The van der Waals surface area contributed by atoms with Crippen molar-refractivity contribution in [1.29, 1.82) is 0 Å². The summed E-state index contributed by atoms with van der Waals surface area (Å²) < 4.78 is 0. The van der Waals surface area contributed by atoms with E-state index in [-0.39, 0.29) is 0 Å². The molecule has 1 heteroatoms. The third-order valence-corrected chi connectivity index (χ3v) is 6.19. The van der Waals surface area contributed by atoms with Crippen LogP contribution in [0.1, 0.15) is 41.0 Å². The molecule has 0 aromatic heterocycles. The Morgan fingerprint density at radius 2 is 1.73 bits per heavy atom. The lowest BCUT2D eigenvalue weighted by Gasteiger charge is -2.26. The molecule has 0 saturated heterocycles. The van der Waals surface area contributed by atoms with Crippen molar-refractivity contribution >= 4 is 23.8 Å². The van der Waals surface area contributed by atoms with Crippen molar-refractivity contribution in [3.05, 3.63) is 92.3 Å². The van der Waals surface area contributed by atoms with Gasteiger partial charge >= 0.3 is 0 Å². The summed E-state index contributed by atoms with van der Waals surface area (Å²) in [6, 6.07) is 19.8. The number of fused-ring (bicyclic) bond motifs is 5. The molecule has 0 amide bonds.